The van der Waals surface area contributed by atoms with E-state index in [1.165, 1.54) is 69.8 Å². The van der Waals surface area contributed by atoms with Gasteiger partial charge in [0.2, 0.25) is 0 Å². The SMILES string of the molecule is C/C=C/CCCCCCCCCCCc1cccc(OCC2(C)CO2)c1. The van der Waals surface area contributed by atoms with Crippen LogP contribution in [0.25, 0.3) is 0 Å². The van der Waals surface area contributed by atoms with Gasteiger partial charge < -0.3 is 9.47 Å². The molecule has 1 aliphatic rings. The molecule has 0 aliphatic carbocycles. The molecule has 0 amide bonds. The Balaban J connectivity index is 1.44. The molecule has 0 aromatic heterocycles. The standard InChI is InChI=1S/C24H38O2/c1-3-4-5-6-7-8-9-10-11-12-13-14-16-22-17-15-18-23(19-22)25-20-24(2)21-26-24/h3-4,15,17-19H,5-14,16,20-21H2,1-2H3/b4-3+. The van der Waals surface area contributed by atoms with E-state index in [0.717, 1.165) is 18.8 Å². The number of aryl methyl sites for hydroxylation is 1. The van der Waals surface area contributed by atoms with E-state index in [9.17, 15) is 0 Å². The molecule has 0 bridgehead atoms. The lowest BCUT2D eigenvalue weighted by molar-refractivity contribution is 0.202. The molecule has 1 unspecified atom stereocenters. The minimum absolute atomic E-state index is 0.0391. The van der Waals surface area contributed by atoms with E-state index in [0.29, 0.717) is 6.61 Å². The summed E-state index contributed by atoms with van der Waals surface area (Å²) in [7, 11) is 0. The summed E-state index contributed by atoms with van der Waals surface area (Å²) < 4.78 is 11.2. The molecule has 1 atom stereocenters. The molecule has 0 saturated carbocycles. The lowest BCUT2D eigenvalue weighted by Crippen LogP contribution is -2.16. The van der Waals surface area contributed by atoms with Gasteiger partial charge in [-0.2, -0.15) is 0 Å². The van der Waals surface area contributed by atoms with Gasteiger partial charge in [-0.05, 0) is 57.2 Å². The maximum Gasteiger partial charge on any atom is 0.123 e. The Labute approximate surface area is 161 Å². The van der Waals surface area contributed by atoms with Crippen LogP contribution in [0.4, 0.5) is 0 Å². The van der Waals surface area contributed by atoms with Crippen molar-refractivity contribution in [3.05, 3.63) is 42.0 Å². The predicted octanol–water partition coefficient (Wildman–Crippen LogP) is 6.87. The van der Waals surface area contributed by atoms with E-state index in [1.54, 1.807) is 0 Å². The number of allylic oxidation sites excluding steroid dienone is 2. The van der Waals surface area contributed by atoms with Gasteiger partial charge in [-0.1, -0.05) is 69.2 Å². The third-order valence-corrected chi connectivity index (χ3v) is 5.15. The number of hydrogen-bond acceptors (Lipinski definition) is 2. The molecule has 0 N–H and O–H groups in total. The topological polar surface area (TPSA) is 21.8 Å². The molecule has 26 heavy (non-hydrogen) atoms. The van der Waals surface area contributed by atoms with Crippen molar-refractivity contribution in [1.82, 2.24) is 0 Å². The molecular formula is C24H38O2. The van der Waals surface area contributed by atoms with Crippen LogP contribution in [-0.4, -0.2) is 18.8 Å². The van der Waals surface area contributed by atoms with Gasteiger partial charge >= 0.3 is 0 Å². The monoisotopic (exact) mass is 358 g/mol. The van der Waals surface area contributed by atoms with Crippen molar-refractivity contribution in [3.8, 4) is 5.75 Å². The third-order valence-electron chi connectivity index (χ3n) is 5.15. The number of ether oxygens (including phenoxy) is 2. The molecule has 0 radical (unpaired) electrons. The van der Waals surface area contributed by atoms with Crippen LogP contribution in [-0.2, 0) is 11.2 Å². The highest BCUT2D eigenvalue weighted by molar-refractivity contribution is 5.28. The smallest absolute Gasteiger partial charge is 0.123 e. The van der Waals surface area contributed by atoms with Crippen molar-refractivity contribution < 1.29 is 9.47 Å². The van der Waals surface area contributed by atoms with Gasteiger partial charge in [-0.15, -0.1) is 0 Å². The third kappa shape index (κ3) is 9.43. The number of hydrogen-bond donors (Lipinski definition) is 0. The zero-order valence-corrected chi connectivity index (χ0v) is 17.0. The normalized spacial score (nSPS) is 19.2. The van der Waals surface area contributed by atoms with Crippen molar-refractivity contribution in [2.75, 3.05) is 13.2 Å². The Morgan fingerprint density at radius 3 is 2.31 bits per heavy atom. The summed E-state index contributed by atoms with van der Waals surface area (Å²) in [5.74, 6) is 0.980. The average molecular weight is 359 g/mol. The van der Waals surface area contributed by atoms with Gasteiger partial charge in [0.25, 0.3) is 0 Å². The van der Waals surface area contributed by atoms with Crippen molar-refractivity contribution in [2.45, 2.75) is 90.1 Å². The predicted molar refractivity (Wildman–Crippen MR) is 111 cm³/mol. The summed E-state index contributed by atoms with van der Waals surface area (Å²) in [6.45, 7) is 5.69. The van der Waals surface area contributed by atoms with Crippen molar-refractivity contribution >= 4 is 0 Å². The molecule has 2 heteroatoms. The second-order valence-electron chi connectivity index (χ2n) is 7.96. The number of unbranched alkanes of at least 4 members (excludes halogenated alkanes) is 9. The van der Waals surface area contributed by atoms with Crippen LogP contribution in [0.1, 0.15) is 83.6 Å². The van der Waals surface area contributed by atoms with Gasteiger partial charge in [0.15, 0.2) is 0 Å². The summed E-state index contributed by atoms with van der Waals surface area (Å²) in [6.07, 6.45) is 19.3. The summed E-state index contributed by atoms with van der Waals surface area (Å²) in [5, 5.41) is 0. The van der Waals surface area contributed by atoms with Gasteiger partial charge in [-0.25, -0.2) is 0 Å². The van der Waals surface area contributed by atoms with Crippen molar-refractivity contribution in [1.29, 1.82) is 0 Å². The van der Waals surface area contributed by atoms with Gasteiger partial charge in [0.1, 0.15) is 18.0 Å². The molecular weight excluding hydrogens is 320 g/mol. The lowest BCUT2D eigenvalue weighted by Gasteiger charge is -2.10. The molecule has 1 aromatic carbocycles. The molecule has 1 saturated heterocycles. The van der Waals surface area contributed by atoms with E-state index in [4.69, 9.17) is 9.47 Å². The van der Waals surface area contributed by atoms with Crippen molar-refractivity contribution in [3.63, 3.8) is 0 Å². The average Bonchev–Trinajstić information content (AvgIpc) is 3.39. The minimum atomic E-state index is -0.0391. The Morgan fingerprint density at radius 1 is 1.00 bits per heavy atom. The highest BCUT2D eigenvalue weighted by Gasteiger charge is 2.40. The molecule has 1 fully saturated rings. The lowest BCUT2D eigenvalue weighted by atomic mass is 10.0. The van der Waals surface area contributed by atoms with Crippen LogP contribution >= 0.6 is 0 Å². The van der Waals surface area contributed by atoms with E-state index in [2.05, 4.69) is 44.2 Å². The summed E-state index contributed by atoms with van der Waals surface area (Å²) in [6, 6.07) is 8.57. The van der Waals surface area contributed by atoms with E-state index in [1.807, 2.05) is 6.07 Å². The fourth-order valence-corrected chi connectivity index (χ4v) is 3.23. The van der Waals surface area contributed by atoms with E-state index in [-0.39, 0.29) is 5.60 Å². The molecule has 2 rings (SSSR count). The van der Waals surface area contributed by atoms with Gasteiger partial charge in [0, 0.05) is 0 Å². The zero-order chi connectivity index (χ0) is 18.5. The van der Waals surface area contributed by atoms with Crippen LogP contribution in [0.2, 0.25) is 0 Å². The molecule has 1 aromatic rings. The Kier molecular flexibility index (Phi) is 9.84. The fraction of sp³-hybridized carbons (Fsp3) is 0.667. The maximum absolute atomic E-state index is 5.86. The summed E-state index contributed by atoms with van der Waals surface area (Å²) in [5.41, 5.74) is 1.35. The largest absolute Gasteiger partial charge is 0.490 e. The van der Waals surface area contributed by atoms with Gasteiger partial charge in [-0.3, -0.25) is 0 Å². The van der Waals surface area contributed by atoms with Gasteiger partial charge in [0.05, 0.1) is 6.61 Å². The number of epoxide rings is 1. The second kappa shape index (κ2) is 12.2. The van der Waals surface area contributed by atoms with E-state index >= 15 is 0 Å². The fourth-order valence-electron chi connectivity index (χ4n) is 3.23. The van der Waals surface area contributed by atoms with Crippen LogP contribution in [0.15, 0.2) is 36.4 Å². The molecule has 1 heterocycles. The molecule has 2 nitrogen and oxygen atoms in total. The number of rotatable bonds is 15. The molecule has 146 valence electrons. The minimum Gasteiger partial charge on any atom is -0.490 e. The Hall–Kier alpha value is -1.28. The summed E-state index contributed by atoms with van der Waals surface area (Å²) >= 11 is 0. The number of benzene rings is 1. The molecule has 0 spiro atoms. The molecule has 1 aliphatic heterocycles. The Bertz CT molecular complexity index is 517. The first kappa shape index (κ1) is 21.0. The quantitative estimate of drug-likeness (QED) is 0.194. The Morgan fingerprint density at radius 2 is 1.65 bits per heavy atom. The van der Waals surface area contributed by atoms with Crippen LogP contribution < -0.4 is 4.74 Å². The zero-order valence-electron chi connectivity index (χ0n) is 17.0. The second-order valence-corrected chi connectivity index (χ2v) is 7.96. The highest BCUT2D eigenvalue weighted by Crippen LogP contribution is 2.27. The summed E-state index contributed by atoms with van der Waals surface area (Å²) in [4.78, 5) is 0. The van der Waals surface area contributed by atoms with E-state index < -0.39 is 0 Å². The first-order valence-corrected chi connectivity index (χ1v) is 10.7. The first-order valence-electron chi connectivity index (χ1n) is 10.7. The maximum atomic E-state index is 5.86. The van der Waals surface area contributed by atoms with Crippen molar-refractivity contribution in [2.24, 2.45) is 0 Å². The van der Waals surface area contributed by atoms with Crippen LogP contribution in [0.3, 0.4) is 0 Å². The first-order chi connectivity index (χ1) is 12.7. The van der Waals surface area contributed by atoms with Crippen LogP contribution in [0, 0.1) is 0 Å². The highest BCUT2D eigenvalue weighted by atomic mass is 16.6. The van der Waals surface area contributed by atoms with Crippen LogP contribution in [0.5, 0.6) is 5.75 Å².